The molecular weight excluding hydrogens is 278 g/mol. The zero-order valence-electron chi connectivity index (χ0n) is 12.1. The van der Waals surface area contributed by atoms with E-state index in [4.69, 9.17) is 0 Å². The summed E-state index contributed by atoms with van der Waals surface area (Å²) in [4.78, 5) is 49.8. The Hall–Kier alpha value is -2.12. The number of likely N-dealkylation sites (tertiary alicyclic amines) is 1. The fourth-order valence-corrected chi connectivity index (χ4v) is 3.00. The van der Waals surface area contributed by atoms with Crippen LogP contribution in [0.1, 0.15) is 33.1 Å². The first-order chi connectivity index (χ1) is 9.83. The number of carboxylic acid groups (broad SMARTS) is 1. The van der Waals surface area contributed by atoms with Crippen LogP contribution in [0.15, 0.2) is 0 Å². The molecule has 0 radical (unpaired) electrons. The van der Waals surface area contributed by atoms with Gasteiger partial charge in [0.25, 0.3) is 0 Å². The highest BCUT2D eigenvalue weighted by Gasteiger charge is 2.51. The molecule has 0 bridgehead atoms. The van der Waals surface area contributed by atoms with Gasteiger partial charge in [-0.3, -0.25) is 14.9 Å². The largest absolute Gasteiger partial charge is 0.479 e. The number of nitrogens with one attached hydrogen (secondary N) is 1. The van der Waals surface area contributed by atoms with Gasteiger partial charge in [-0.1, -0.05) is 6.92 Å². The summed E-state index contributed by atoms with van der Waals surface area (Å²) in [5.74, 6) is -2.14. The maximum atomic E-state index is 12.6. The number of amides is 4. The van der Waals surface area contributed by atoms with E-state index in [2.05, 4.69) is 5.32 Å². The molecule has 2 atom stereocenters. The van der Waals surface area contributed by atoms with Crippen LogP contribution < -0.4 is 5.32 Å². The number of imide groups is 1. The van der Waals surface area contributed by atoms with Crippen LogP contribution in [0.2, 0.25) is 0 Å². The van der Waals surface area contributed by atoms with Crippen molar-refractivity contribution >= 4 is 23.8 Å². The Morgan fingerprint density at radius 1 is 1.43 bits per heavy atom. The molecule has 116 valence electrons. The van der Waals surface area contributed by atoms with Gasteiger partial charge < -0.3 is 14.9 Å². The summed E-state index contributed by atoms with van der Waals surface area (Å²) in [5, 5.41) is 11.6. The fraction of sp³-hybridized carbons (Fsp3) is 0.692. The molecule has 4 amide bonds. The van der Waals surface area contributed by atoms with Gasteiger partial charge >= 0.3 is 12.0 Å². The Labute approximate surface area is 122 Å². The van der Waals surface area contributed by atoms with Crippen molar-refractivity contribution in [2.24, 2.45) is 0 Å². The van der Waals surface area contributed by atoms with Crippen LogP contribution in [0.25, 0.3) is 0 Å². The van der Waals surface area contributed by atoms with Crippen molar-refractivity contribution in [1.29, 1.82) is 0 Å². The molecule has 8 heteroatoms. The minimum absolute atomic E-state index is 0.234. The van der Waals surface area contributed by atoms with E-state index in [1.54, 1.807) is 6.92 Å². The second-order valence-corrected chi connectivity index (χ2v) is 5.44. The Kier molecular flexibility index (Phi) is 3.89. The third kappa shape index (κ3) is 2.34. The van der Waals surface area contributed by atoms with Crippen molar-refractivity contribution in [3.8, 4) is 0 Å². The van der Waals surface area contributed by atoms with E-state index < -0.39 is 35.4 Å². The number of piperazine rings is 1. The molecular formula is C13H19N3O5. The molecule has 21 heavy (non-hydrogen) atoms. The Morgan fingerprint density at radius 3 is 2.67 bits per heavy atom. The molecule has 0 saturated carbocycles. The molecule has 2 fully saturated rings. The number of hydrogen-bond donors (Lipinski definition) is 2. The molecule has 8 nitrogen and oxygen atoms in total. The van der Waals surface area contributed by atoms with Gasteiger partial charge in [-0.15, -0.1) is 0 Å². The van der Waals surface area contributed by atoms with Crippen molar-refractivity contribution in [2.75, 3.05) is 13.1 Å². The maximum Gasteiger partial charge on any atom is 0.329 e. The molecule has 2 aliphatic heterocycles. The topological polar surface area (TPSA) is 107 Å². The van der Waals surface area contributed by atoms with E-state index in [0.29, 0.717) is 19.4 Å². The van der Waals surface area contributed by atoms with Gasteiger partial charge in [-0.25, -0.2) is 9.59 Å². The molecule has 2 N–H and O–H groups in total. The van der Waals surface area contributed by atoms with Crippen LogP contribution in [0.4, 0.5) is 4.79 Å². The average Bonchev–Trinajstić information content (AvgIpc) is 2.87. The summed E-state index contributed by atoms with van der Waals surface area (Å²) in [6.45, 7) is 3.32. The number of carbonyl (C=O) groups is 4. The fourth-order valence-electron chi connectivity index (χ4n) is 3.00. The van der Waals surface area contributed by atoms with Crippen molar-refractivity contribution < 1.29 is 24.3 Å². The minimum Gasteiger partial charge on any atom is -0.479 e. The van der Waals surface area contributed by atoms with Gasteiger partial charge in [0.15, 0.2) is 0 Å². The molecule has 0 aromatic carbocycles. The number of urea groups is 1. The molecule has 2 aliphatic rings. The molecule has 0 aromatic heterocycles. The van der Waals surface area contributed by atoms with Crippen LogP contribution in [-0.2, 0) is 14.4 Å². The molecule has 2 rings (SSSR count). The third-order valence-electron chi connectivity index (χ3n) is 4.37. The van der Waals surface area contributed by atoms with Gasteiger partial charge in [0.05, 0.1) is 0 Å². The molecule has 2 unspecified atom stereocenters. The van der Waals surface area contributed by atoms with Crippen LogP contribution in [0, 0.1) is 0 Å². The van der Waals surface area contributed by atoms with Gasteiger partial charge in [0.1, 0.15) is 18.1 Å². The molecule has 2 heterocycles. The Balaban J connectivity index is 2.28. The third-order valence-corrected chi connectivity index (χ3v) is 4.37. The lowest BCUT2D eigenvalue weighted by Crippen LogP contribution is -2.64. The van der Waals surface area contributed by atoms with Crippen LogP contribution in [0.5, 0.6) is 0 Å². The van der Waals surface area contributed by atoms with Gasteiger partial charge in [0.2, 0.25) is 11.8 Å². The van der Waals surface area contributed by atoms with Gasteiger partial charge in [0, 0.05) is 6.54 Å². The number of aliphatic carboxylic acids is 1. The number of nitrogens with zero attached hydrogens (tertiary/aromatic N) is 2. The predicted molar refractivity (Wildman–Crippen MR) is 71.3 cm³/mol. The van der Waals surface area contributed by atoms with Crippen molar-refractivity contribution in [1.82, 2.24) is 15.1 Å². The summed E-state index contributed by atoms with van der Waals surface area (Å²) in [6.07, 6.45) is 1.26. The van der Waals surface area contributed by atoms with E-state index in [0.717, 1.165) is 4.90 Å². The predicted octanol–water partition coefficient (Wildman–Crippen LogP) is -0.217. The average molecular weight is 297 g/mol. The van der Waals surface area contributed by atoms with E-state index in [9.17, 15) is 24.3 Å². The zero-order chi connectivity index (χ0) is 15.8. The summed E-state index contributed by atoms with van der Waals surface area (Å²) < 4.78 is 0. The first kappa shape index (κ1) is 15.3. The summed E-state index contributed by atoms with van der Waals surface area (Å²) in [6, 6.07) is -1.35. The van der Waals surface area contributed by atoms with Crippen molar-refractivity contribution in [2.45, 2.75) is 44.7 Å². The number of carboxylic acids is 1. The van der Waals surface area contributed by atoms with Crippen LogP contribution in [-0.4, -0.2) is 63.4 Å². The van der Waals surface area contributed by atoms with Crippen LogP contribution in [0.3, 0.4) is 0 Å². The second kappa shape index (κ2) is 5.34. The van der Waals surface area contributed by atoms with Crippen molar-refractivity contribution in [3.63, 3.8) is 0 Å². The minimum atomic E-state index is -1.24. The summed E-state index contributed by atoms with van der Waals surface area (Å²) in [7, 11) is 0. The van der Waals surface area contributed by atoms with E-state index in [1.807, 2.05) is 0 Å². The highest BCUT2D eigenvalue weighted by Crippen LogP contribution is 2.34. The van der Waals surface area contributed by atoms with Crippen molar-refractivity contribution in [3.05, 3.63) is 0 Å². The summed E-state index contributed by atoms with van der Waals surface area (Å²) >= 11 is 0. The quantitative estimate of drug-likeness (QED) is 0.685. The molecule has 0 aromatic rings. The number of rotatable bonds is 2. The molecule has 0 spiro atoms. The van der Waals surface area contributed by atoms with E-state index in [-0.39, 0.29) is 13.0 Å². The van der Waals surface area contributed by atoms with Crippen LogP contribution >= 0.6 is 0 Å². The Morgan fingerprint density at radius 2 is 2.10 bits per heavy atom. The number of hydrogen-bond acceptors (Lipinski definition) is 4. The monoisotopic (exact) mass is 297 g/mol. The lowest BCUT2D eigenvalue weighted by molar-refractivity contribution is -0.148. The molecule has 0 aliphatic carbocycles. The highest BCUT2D eigenvalue weighted by atomic mass is 16.4. The first-order valence-electron chi connectivity index (χ1n) is 6.99. The van der Waals surface area contributed by atoms with E-state index in [1.165, 1.54) is 11.8 Å². The van der Waals surface area contributed by atoms with Gasteiger partial charge in [-0.05, 0) is 26.2 Å². The zero-order valence-corrected chi connectivity index (χ0v) is 12.1. The highest BCUT2D eigenvalue weighted by molar-refractivity contribution is 6.04. The second-order valence-electron chi connectivity index (χ2n) is 5.44. The van der Waals surface area contributed by atoms with E-state index >= 15 is 0 Å². The maximum absolute atomic E-state index is 12.6. The smallest absolute Gasteiger partial charge is 0.329 e. The lowest BCUT2D eigenvalue weighted by atomic mass is 9.93. The number of carbonyl (C=O) groups excluding carboxylic acids is 3. The normalized spacial score (nSPS) is 29.5. The van der Waals surface area contributed by atoms with Gasteiger partial charge in [-0.2, -0.15) is 0 Å². The first-order valence-corrected chi connectivity index (χ1v) is 6.99. The summed E-state index contributed by atoms with van der Waals surface area (Å²) in [5.41, 5.74) is -1.24. The molecule has 2 saturated heterocycles. The lowest BCUT2D eigenvalue weighted by Gasteiger charge is -2.40. The SMILES string of the molecule is CCC1(C(=O)O)CCCN1C(=O)N1CC(=O)NC(=O)C1C. The Bertz CT molecular complexity index is 506. The standard InChI is InChI=1S/C13H19N3O5/c1-3-13(11(19)20)5-4-6-16(13)12(21)15-7-9(17)14-10(18)8(15)2/h8H,3-7H2,1-2H3,(H,19,20)(H,14,17,18).